The molecule has 5 heteroatoms. The highest BCUT2D eigenvalue weighted by Crippen LogP contribution is 2.29. The molecule has 0 fully saturated rings. The van der Waals surface area contributed by atoms with Crippen molar-refractivity contribution in [3.8, 4) is 0 Å². The lowest BCUT2D eigenvalue weighted by atomic mass is 10.0. The highest BCUT2D eigenvalue weighted by molar-refractivity contribution is 6.05. The van der Waals surface area contributed by atoms with Gasteiger partial charge >= 0.3 is 0 Å². The van der Waals surface area contributed by atoms with Crippen LogP contribution in [0.5, 0.6) is 0 Å². The first-order chi connectivity index (χ1) is 13.8. The summed E-state index contributed by atoms with van der Waals surface area (Å²) < 4.78 is 6.06. The van der Waals surface area contributed by atoms with Crippen LogP contribution in [0.2, 0.25) is 0 Å². The number of rotatable bonds is 4. The van der Waals surface area contributed by atoms with Gasteiger partial charge in [-0.25, -0.2) is 0 Å². The molecule has 0 aliphatic carbocycles. The monoisotopic (exact) mass is 367 g/mol. The number of para-hydroxylation sites is 2. The van der Waals surface area contributed by atoms with Crippen molar-refractivity contribution in [3.63, 3.8) is 0 Å². The number of hydrogen-bond donors (Lipinski definition) is 2. The second-order valence-electron chi connectivity index (χ2n) is 6.64. The van der Waals surface area contributed by atoms with Crippen LogP contribution in [0.3, 0.4) is 0 Å². The van der Waals surface area contributed by atoms with Crippen LogP contribution in [0.4, 0.5) is 0 Å². The first-order valence-electron chi connectivity index (χ1n) is 9.06. The molecule has 5 nitrogen and oxygen atoms in total. The molecule has 3 aromatic carbocycles. The Labute approximate surface area is 161 Å². The van der Waals surface area contributed by atoms with Gasteiger partial charge in [0.1, 0.15) is 17.4 Å². The Morgan fingerprint density at radius 1 is 0.929 bits per heavy atom. The molecule has 2 N–H and O–H groups in total. The highest BCUT2D eigenvalue weighted by Gasteiger charge is 2.22. The Hall–Kier alpha value is -3.86. The lowest BCUT2D eigenvalue weighted by molar-refractivity contribution is 0.0940. The van der Waals surface area contributed by atoms with Crippen molar-refractivity contribution < 1.29 is 9.21 Å². The molecule has 0 bridgehead atoms. The minimum Gasteiger partial charge on any atom is -0.459 e. The van der Waals surface area contributed by atoms with Gasteiger partial charge in [-0.15, -0.1) is 0 Å². The van der Waals surface area contributed by atoms with Gasteiger partial charge < -0.3 is 9.73 Å². The number of nitrogens with zero attached hydrogens (tertiary/aromatic N) is 1. The van der Waals surface area contributed by atoms with E-state index in [0.29, 0.717) is 11.3 Å². The number of carbonyl (C=O) groups is 1. The maximum atomic E-state index is 13.1. The number of amides is 1. The zero-order valence-electron chi connectivity index (χ0n) is 14.9. The molecule has 1 amide bonds. The predicted molar refractivity (Wildman–Crippen MR) is 108 cm³/mol. The second-order valence-corrected chi connectivity index (χ2v) is 6.64. The van der Waals surface area contributed by atoms with Crippen molar-refractivity contribution >= 4 is 27.8 Å². The number of aromatic amines is 1. The zero-order chi connectivity index (χ0) is 18.9. The molecular weight excluding hydrogens is 350 g/mol. The first-order valence-corrected chi connectivity index (χ1v) is 9.06. The lowest BCUT2D eigenvalue weighted by Gasteiger charge is -2.17. The average Bonchev–Trinajstić information content (AvgIpc) is 3.38. The number of carbonyl (C=O) groups excluding carboxylic acids is 1. The highest BCUT2D eigenvalue weighted by atomic mass is 16.3. The van der Waals surface area contributed by atoms with Gasteiger partial charge in [0.25, 0.3) is 5.91 Å². The Balaban J connectivity index is 1.57. The van der Waals surface area contributed by atoms with E-state index in [-0.39, 0.29) is 5.91 Å². The normalized spacial score (nSPS) is 12.3. The summed E-state index contributed by atoms with van der Waals surface area (Å²) in [6.45, 7) is 0. The summed E-state index contributed by atoms with van der Waals surface area (Å²) in [4.78, 5) is 13.1. The molecule has 2 aromatic heterocycles. The fourth-order valence-electron chi connectivity index (χ4n) is 3.48. The molecule has 0 radical (unpaired) electrons. The molecule has 0 saturated carbocycles. The second kappa shape index (κ2) is 6.70. The van der Waals surface area contributed by atoms with Gasteiger partial charge in [0, 0.05) is 10.8 Å². The van der Waals surface area contributed by atoms with Gasteiger partial charge in [-0.2, -0.15) is 5.10 Å². The smallest absolute Gasteiger partial charge is 0.254 e. The standard InChI is InChI=1S/C23H17N3O2/c27-23(18-11-6-10-17-14-24-26-21(17)18)25-22(15-7-2-1-3-8-15)20-13-16-9-4-5-12-19(16)28-20/h1-14,22H,(H,24,26)(H,25,27). The topological polar surface area (TPSA) is 70.9 Å². The van der Waals surface area contributed by atoms with Crippen LogP contribution in [0.1, 0.15) is 27.7 Å². The largest absolute Gasteiger partial charge is 0.459 e. The van der Waals surface area contributed by atoms with Crippen molar-refractivity contribution in [1.29, 1.82) is 0 Å². The summed E-state index contributed by atoms with van der Waals surface area (Å²) in [6.07, 6.45) is 1.71. The van der Waals surface area contributed by atoms with Crippen LogP contribution in [0.25, 0.3) is 21.9 Å². The number of nitrogens with one attached hydrogen (secondary N) is 2. The van der Waals surface area contributed by atoms with Crippen molar-refractivity contribution in [1.82, 2.24) is 15.5 Å². The van der Waals surface area contributed by atoms with Crippen molar-refractivity contribution in [2.45, 2.75) is 6.04 Å². The molecule has 0 aliphatic rings. The van der Waals surface area contributed by atoms with Crippen LogP contribution in [0.15, 0.2) is 89.5 Å². The summed E-state index contributed by atoms with van der Waals surface area (Å²) in [5.74, 6) is 0.502. The zero-order valence-corrected chi connectivity index (χ0v) is 14.9. The van der Waals surface area contributed by atoms with E-state index in [1.54, 1.807) is 12.3 Å². The third kappa shape index (κ3) is 2.83. The maximum absolute atomic E-state index is 13.1. The minimum atomic E-state index is -0.403. The summed E-state index contributed by atoms with van der Waals surface area (Å²) >= 11 is 0. The lowest BCUT2D eigenvalue weighted by Crippen LogP contribution is -2.29. The molecule has 28 heavy (non-hydrogen) atoms. The number of fused-ring (bicyclic) bond motifs is 2. The Morgan fingerprint density at radius 3 is 2.57 bits per heavy atom. The molecular formula is C23H17N3O2. The fourth-order valence-corrected chi connectivity index (χ4v) is 3.48. The molecule has 5 aromatic rings. The van der Waals surface area contributed by atoms with E-state index in [4.69, 9.17) is 4.42 Å². The summed E-state index contributed by atoms with van der Waals surface area (Å²) in [7, 11) is 0. The van der Waals surface area contributed by atoms with E-state index >= 15 is 0 Å². The van der Waals surface area contributed by atoms with Crippen molar-refractivity contribution in [2.75, 3.05) is 0 Å². The molecule has 136 valence electrons. The van der Waals surface area contributed by atoms with Gasteiger partial charge in [-0.3, -0.25) is 9.89 Å². The molecule has 1 unspecified atom stereocenters. The predicted octanol–water partition coefficient (Wildman–Crippen LogP) is 4.83. The molecule has 2 heterocycles. The van der Waals surface area contributed by atoms with Crippen LogP contribution < -0.4 is 5.32 Å². The minimum absolute atomic E-state index is 0.191. The van der Waals surface area contributed by atoms with Gasteiger partial charge in [0.05, 0.1) is 17.3 Å². The average molecular weight is 367 g/mol. The van der Waals surface area contributed by atoms with Gasteiger partial charge in [-0.05, 0) is 23.8 Å². The van der Waals surface area contributed by atoms with E-state index in [2.05, 4.69) is 15.5 Å². The summed E-state index contributed by atoms with van der Waals surface area (Å²) in [5, 5.41) is 12.0. The van der Waals surface area contributed by atoms with E-state index < -0.39 is 6.04 Å². The Morgan fingerprint density at radius 2 is 1.71 bits per heavy atom. The SMILES string of the molecule is O=C(NC(c1ccccc1)c1cc2ccccc2o1)c1cccc2cn[nH]c12. The molecule has 0 aliphatic heterocycles. The summed E-state index contributed by atoms with van der Waals surface area (Å²) in [5.41, 5.74) is 3.01. The number of hydrogen-bond acceptors (Lipinski definition) is 3. The summed E-state index contributed by atoms with van der Waals surface area (Å²) in [6, 6.07) is 24.8. The van der Waals surface area contributed by atoms with E-state index in [9.17, 15) is 4.79 Å². The van der Waals surface area contributed by atoms with Gasteiger partial charge in [0.2, 0.25) is 0 Å². The maximum Gasteiger partial charge on any atom is 0.254 e. The van der Waals surface area contributed by atoms with Gasteiger partial charge in [0.15, 0.2) is 0 Å². The molecule has 5 rings (SSSR count). The number of benzene rings is 3. The number of H-pyrrole nitrogens is 1. The van der Waals surface area contributed by atoms with Crippen LogP contribution >= 0.6 is 0 Å². The van der Waals surface area contributed by atoms with E-state index in [0.717, 1.165) is 27.4 Å². The van der Waals surface area contributed by atoms with Crippen molar-refractivity contribution in [3.05, 3.63) is 102 Å². The molecule has 0 spiro atoms. The third-order valence-electron chi connectivity index (χ3n) is 4.86. The van der Waals surface area contributed by atoms with Crippen LogP contribution in [-0.4, -0.2) is 16.1 Å². The molecule has 0 saturated heterocycles. The van der Waals surface area contributed by atoms with E-state index in [1.807, 2.05) is 72.8 Å². The van der Waals surface area contributed by atoms with Crippen molar-refractivity contribution in [2.24, 2.45) is 0 Å². The van der Waals surface area contributed by atoms with Crippen LogP contribution in [0, 0.1) is 0 Å². The Bertz CT molecular complexity index is 1240. The number of aromatic nitrogens is 2. The fraction of sp³-hybridized carbons (Fsp3) is 0.0435. The number of furan rings is 1. The van der Waals surface area contributed by atoms with Gasteiger partial charge in [-0.1, -0.05) is 60.7 Å². The quantitative estimate of drug-likeness (QED) is 0.478. The third-order valence-corrected chi connectivity index (χ3v) is 4.86. The Kier molecular flexibility index (Phi) is 3.91. The van der Waals surface area contributed by atoms with E-state index in [1.165, 1.54) is 0 Å². The molecule has 1 atom stereocenters. The first kappa shape index (κ1) is 16.3. The van der Waals surface area contributed by atoms with Crippen LogP contribution in [-0.2, 0) is 0 Å².